The molecule has 0 radical (unpaired) electrons. The van der Waals surface area contributed by atoms with Gasteiger partial charge >= 0.3 is 0 Å². The van der Waals surface area contributed by atoms with Crippen LogP contribution in [-0.4, -0.2) is 25.6 Å². The van der Waals surface area contributed by atoms with Gasteiger partial charge < -0.3 is 9.64 Å². The van der Waals surface area contributed by atoms with E-state index in [-0.39, 0.29) is 0 Å². The highest BCUT2D eigenvalue weighted by Crippen LogP contribution is 2.32. The molecule has 21 heavy (non-hydrogen) atoms. The fraction of sp³-hybridized carbons (Fsp3) is 0.125. The van der Waals surface area contributed by atoms with Gasteiger partial charge in [0.2, 0.25) is 6.41 Å². The molecule has 0 unspecified atom stereocenters. The van der Waals surface area contributed by atoms with Crippen molar-refractivity contribution in [3.63, 3.8) is 0 Å². The zero-order valence-corrected chi connectivity index (χ0v) is 12.6. The number of methoxy groups -OCH3 is 1. The first-order valence-electron chi connectivity index (χ1n) is 6.44. The Morgan fingerprint density at radius 3 is 2.62 bits per heavy atom. The van der Waals surface area contributed by atoms with Crippen LogP contribution in [0.3, 0.4) is 0 Å². The Balaban J connectivity index is 1.98. The zero-order valence-electron chi connectivity index (χ0n) is 11.7. The Labute approximate surface area is 126 Å². The molecule has 0 aliphatic heterocycles. The molecule has 0 spiro atoms. The normalized spacial score (nSPS) is 10.6. The summed E-state index contributed by atoms with van der Waals surface area (Å²) in [6.07, 6.45) is 0.791. The first kappa shape index (κ1) is 13.6. The van der Waals surface area contributed by atoms with Gasteiger partial charge in [-0.25, -0.2) is 4.98 Å². The van der Waals surface area contributed by atoms with Gasteiger partial charge in [-0.1, -0.05) is 0 Å². The maximum Gasteiger partial charge on any atom is 0.213 e. The molecule has 1 aromatic heterocycles. The van der Waals surface area contributed by atoms with Crippen molar-refractivity contribution in [3.05, 3.63) is 42.5 Å². The summed E-state index contributed by atoms with van der Waals surface area (Å²) in [6.45, 7) is 0. The fourth-order valence-electron chi connectivity index (χ4n) is 2.06. The Morgan fingerprint density at radius 1 is 1.19 bits per heavy atom. The van der Waals surface area contributed by atoms with E-state index in [0.717, 1.165) is 38.6 Å². The molecule has 4 nitrogen and oxygen atoms in total. The van der Waals surface area contributed by atoms with Crippen molar-refractivity contribution in [2.75, 3.05) is 19.1 Å². The number of carbonyl (C=O) groups excluding carboxylic acids is 1. The van der Waals surface area contributed by atoms with E-state index in [4.69, 9.17) is 4.74 Å². The number of carbonyl (C=O) groups is 1. The molecular weight excluding hydrogens is 283 g/mol. The van der Waals surface area contributed by atoms with Crippen LogP contribution in [-0.2, 0) is 4.79 Å². The average molecular weight is 297 g/mol. The van der Waals surface area contributed by atoms with Gasteiger partial charge in [0.05, 0.1) is 17.3 Å². The van der Waals surface area contributed by atoms with E-state index < -0.39 is 0 Å². The third-order valence-corrected chi connectivity index (χ3v) is 4.34. The number of hydrogen-bond acceptors (Lipinski definition) is 4. The summed E-state index contributed by atoms with van der Waals surface area (Å²) >= 11 is 1.63. The number of thiazole rings is 1. The largest absolute Gasteiger partial charge is 0.497 e. The predicted molar refractivity (Wildman–Crippen MR) is 86.1 cm³/mol. The highest BCUT2D eigenvalue weighted by atomic mass is 32.1. The third kappa shape index (κ3) is 2.60. The summed E-state index contributed by atoms with van der Waals surface area (Å²) in [7, 11) is 3.39. The number of anilines is 1. The van der Waals surface area contributed by atoms with Crippen molar-refractivity contribution in [1.29, 1.82) is 0 Å². The lowest BCUT2D eigenvalue weighted by Crippen LogP contribution is -2.13. The number of benzene rings is 2. The lowest BCUT2D eigenvalue weighted by Gasteiger charge is -2.10. The minimum Gasteiger partial charge on any atom is -0.497 e. The summed E-state index contributed by atoms with van der Waals surface area (Å²) in [6, 6.07) is 13.6. The first-order chi connectivity index (χ1) is 10.2. The SMILES string of the molecule is COc1ccc2nc(-c3ccc(N([11CH3])C=O)cc3)sc2c1. The van der Waals surface area contributed by atoms with Crippen LogP contribution < -0.4 is 9.64 Å². The molecule has 0 fully saturated rings. The standard InChI is InChI=1S/C16H14N2O2S/c1-18(10-19)12-5-3-11(4-6-12)16-17-14-8-7-13(20-2)9-15(14)21-16/h3-10H,1-2H3/i1-1. The van der Waals surface area contributed by atoms with E-state index in [1.807, 2.05) is 42.5 Å². The maximum absolute atomic E-state index is 10.7. The minimum absolute atomic E-state index is 0.791. The van der Waals surface area contributed by atoms with Gasteiger partial charge in [0.1, 0.15) is 10.8 Å². The van der Waals surface area contributed by atoms with Crippen molar-refractivity contribution >= 4 is 33.7 Å². The summed E-state index contributed by atoms with van der Waals surface area (Å²) in [4.78, 5) is 16.9. The molecule has 0 atom stereocenters. The number of fused-ring (bicyclic) bond motifs is 1. The molecule has 0 aliphatic rings. The molecule has 1 amide bonds. The van der Waals surface area contributed by atoms with E-state index >= 15 is 0 Å². The minimum atomic E-state index is 0.791. The van der Waals surface area contributed by atoms with E-state index in [1.165, 1.54) is 4.90 Å². The molecule has 106 valence electrons. The summed E-state index contributed by atoms with van der Waals surface area (Å²) in [5.74, 6) is 0.834. The fourth-order valence-corrected chi connectivity index (χ4v) is 3.05. The monoisotopic (exact) mass is 297 g/mol. The van der Waals surface area contributed by atoms with Crippen LogP contribution in [0.5, 0.6) is 5.75 Å². The van der Waals surface area contributed by atoms with Crippen LogP contribution in [0.15, 0.2) is 42.5 Å². The molecule has 0 saturated heterocycles. The Kier molecular flexibility index (Phi) is 3.58. The molecule has 1 heterocycles. The summed E-state index contributed by atoms with van der Waals surface area (Å²) < 4.78 is 6.33. The molecule has 0 aliphatic carbocycles. The molecule has 0 N–H and O–H groups in total. The van der Waals surface area contributed by atoms with Crippen molar-refractivity contribution in [3.8, 4) is 16.3 Å². The second kappa shape index (κ2) is 5.54. The topological polar surface area (TPSA) is 42.4 Å². The molecular formula is C16H14N2O2S. The van der Waals surface area contributed by atoms with Gasteiger partial charge in [-0.2, -0.15) is 0 Å². The lowest BCUT2D eigenvalue weighted by molar-refractivity contribution is -0.107. The molecule has 0 saturated carbocycles. The van der Waals surface area contributed by atoms with Crippen LogP contribution >= 0.6 is 11.3 Å². The van der Waals surface area contributed by atoms with Crippen LogP contribution in [0.25, 0.3) is 20.8 Å². The van der Waals surface area contributed by atoms with Crippen molar-refractivity contribution in [2.24, 2.45) is 0 Å². The van der Waals surface area contributed by atoms with Crippen LogP contribution in [0, 0.1) is 0 Å². The number of hydrogen-bond donors (Lipinski definition) is 0. The molecule has 5 heteroatoms. The lowest BCUT2D eigenvalue weighted by atomic mass is 10.2. The van der Waals surface area contributed by atoms with Gasteiger partial charge in [0, 0.05) is 18.3 Å². The number of aromatic nitrogens is 1. The van der Waals surface area contributed by atoms with Gasteiger partial charge in [0.15, 0.2) is 0 Å². The van der Waals surface area contributed by atoms with Gasteiger partial charge in [0.25, 0.3) is 0 Å². The van der Waals surface area contributed by atoms with E-state index in [1.54, 1.807) is 25.5 Å². The second-order valence-corrected chi connectivity index (χ2v) is 5.65. The van der Waals surface area contributed by atoms with Crippen LogP contribution in [0.4, 0.5) is 5.69 Å². The van der Waals surface area contributed by atoms with Gasteiger partial charge in [-0.3, -0.25) is 4.79 Å². The molecule has 2 aromatic carbocycles. The highest BCUT2D eigenvalue weighted by molar-refractivity contribution is 7.21. The van der Waals surface area contributed by atoms with Crippen LogP contribution in [0.1, 0.15) is 0 Å². The summed E-state index contributed by atoms with van der Waals surface area (Å²) in [5, 5.41) is 0.957. The summed E-state index contributed by atoms with van der Waals surface area (Å²) in [5.41, 5.74) is 2.86. The molecule has 0 bridgehead atoms. The van der Waals surface area contributed by atoms with Crippen molar-refractivity contribution in [2.45, 2.75) is 0 Å². The van der Waals surface area contributed by atoms with Crippen molar-refractivity contribution < 1.29 is 9.53 Å². The first-order valence-corrected chi connectivity index (χ1v) is 7.26. The van der Waals surface area contributed by atoms with E-state index in [9.17, 15) is 4.79 Å². The molecule has 3 rings (SSSR count). The van der Waals surface area contributed by atoms with Crippen molar-refractivity contribution in [1.82, 2.24) is 4.98 Å². The Hall–Kier alpha value is -2.40. The number of amides is 1. The van der Waals surface area contributed by atoms with Gasteiger partial charge in [-0.15, -0.1) is 11.3 Å². The highest BCUT2D eigenvalue weighted by Gasteiger charge is 2.08. The Bertz CT molecular complexity index is 781. The Morgan fingerprint density at radius 2 is 1.95 bits per heavy atom. The smallest absolute Gasteiger partial charge is 0.213 e. The third-order valence-electron chi connectivity index (χ3n) is 3.28. The second-order valence-electron chi connectivity index (χ2n) is 4.62. The van der Waals surface area contributed by atoms with E-state index in [2.05, 4.69) is 4.98 Å². The van der Waals surface area contributed by atoms with Gasteiger partial charge in [-0.05, 0) is 42.5 Å². The molecule has 3 aromatic rings. The predicted octanol–water partition coefficient (Wildman–Crippen LogP) is 3.56. The van der Waals surface area contributed by atoms with Crippen LogP contribution in [0.2, 0.25) is 0 Å². The number of ether oxygens (including phenoxy) is 1. The number of nitrogens with zero attached hydrogens (tertiary/aromatic N) is 2. The van der Waals surface area contributed by atoms with E-state index in [0.29, 0.717) is 0 Å². The average Bonchev–Trinajstić information content (AvgIpc) is 2.97. The zero-order chi connectivity index (χ0) is 14.8. The number of rotatable bonds is 4. The maximum atomic E-state index is 10.7. The quantitative estimate of drug-likeness (QED) is 0.691.